The highest BCUT2D eigenvalue weighted by Crippen LogP contribution is 2.28. The third-order valence-electron chi connectivity index (χ3n) is 2.79. The molecule has 0 amide bonds. The molecule has 5 nitrogen and oxygen atoms in total. The van der Waals surface area contributed by atoms with E-state index in [-0.39, 0.29) is 0 Å². The Balaban J connectivity index is 3.40. The highest BCUT2D eigenvalue weighted by Gasteiger charge is 2.29. The fourth-order valence-electron chi connectivity index (χ4n) is 1.75. The maximum Gasteiger partial charge on any atom is 0.246 e. The zero-order chi connectivity index (χ0) is 13.2. The van der Waals surface area contributed by atoms with Crippen molar-refractivity contribution in [1.82, 2.24) is 9.62 Å². The Morgan fingerprint density at radius 2 is 1.88 bits per heavy atom. The molecule has 0 atom stereocenters. The number of hydrogen-bond acceptors (Lipinski definition) is 4. The summed E-state index contributed by atoms with van der Waals surface area (Å²) in [6.07, 6.45) is 0. The first-order valence-electron chi connectivity index (χ1n) is 5.56. The summed E-state index contributed by atoms with van der Waals surface area (Å²) >= 11 is 0. The van der Waals surface area contributed by atoms with Crippen LogP contribution in [0.5, 0.6) is 0 Å². The van der Waals surface area contributed by atoms with Gasteiger partial charge in [0.1, 0.15) is 16.4 Å². The van der Waals surface area contributed by atoms with Crippen LogP contribution in [-0.2, 0) is 16.6 Å². The van der Waals surface area contributed by atoms with E-state index in [1.807, 2.05) is 0 Å². The smallest absolute Gasteiger partial charge is 0.246 e. The Hall–Kier alpha value is -0.850. The van der Waals surface area contributed by atoms with Crippen LogP contribution in [0.2, 0.25) is 0 Å². The van der Waals surface area contributed by atoms with E-state index in [0.717, 1.165) is 0 Å². The molecule has 0 saturated heterocycles. The van der Waals surface area contributed by atoms with Crippen LogP contribution in [0.3, 0.4) is 0 Å². The van der Waals surface area contributed by atoms with Crippen LogP contribution in [-0.4, -0.2) is 33.4 Å². The summed E-state index contributed by atoms with van der Waals surface area (Å²) in [5, 5.41) is 2.96. The second-order valence-electron chi connectivity index (χ2n) is 3.97. The van der Waals surface area contributed by atoms with E-state index < -0.39 is 10.0 Å². The van der Waals surface area contributed by atoms with Crippen molar-refractivity contribution in [2.45, 2.75) is 32.2 Å². The van der Waals surface area contributed by atoms with Crippen molar-refractivity contribution in [2.75, 3.05) is 20.6 Å². The van der Waals surface area contributed by atoms with Crippen molar-refractivity contribution < 1.29 is 12.8 Å². The molecule has 0 unspecified atom stereocenters. The van der Waals surface area contributed by atoms with E-state index in [1.165, 1.54) is 4.31 Å². The van der Waals surface area contributed by atoms with Gasteiger partial charge in [-0.25, -0.2) is 12.7 Å². The van der Waals surface area contributed by atoms with Gasteiger partial charge in [0.15, 0.2) is 0 Å². The Kier molecular flexibility index (Phi) is 4.35. The van der Waals surface area contributed by atoms with Gasteiger partial charge in [-0.1, -0.05) is 6.92 Å². The van der Waals surface area contributed by atoms with Crippen molar-refractivity contribution >= 4 is 10.0 Å². The van der Waals surface area contributed by atoms with E-state index in [9.17, 15) is 8.42 Å². The minimum absolute atomic E-state index is 0.300. The zero-order valence-corrected chi connectivity index (χ0v) is 11.8. The van der Waals surface area contributed by atoms with Crippen LogP contribution in [0.25, 0.3) is 0 Å². The zero-order valence-electron chi connectivity index (χ0n) is 11.0. The van der Waals surface area contributed by atoms with Crippen LogP contribution in [0.15, 0.2) is 9.31 Å². The standard InChI is InChI=1S/C11H20N2O3S/c1-6-13(5)17(14,15)11-9(3)16-8(2)10(11)7-12-4/h12H,6-7H2,1-5H3. The number of hydrogen-bond donors (Lipinski definition) is 1. The van der Waals surface area contributed by atoms with E-state index in [2.05, 4.69) is 5.32 Å². The summed E-state index contributed by atoms with van der Waals surface area (Å²) in [5.74, 6) is 1.10. The molecule has 1 heterocycles. The number of nitrogens with one attached hydrogen (secondary N) is 1. The van der Waals surface area contributed by atoms with Gasteiger partial charge in [-0.3, -0.25) is 0 Å². The van der Waals surface area contributed by atoms with Gasteiger partial charge in [0.2, 0.25) is 10.0 Å². The van der Waals surface area contributed by atoms with Crippen LogP contribution in [0, 0.1) is 13.8 Å². The highest BCUT2D eigenvalue weighted by atomic mass is 32.2. The van der Waals surface area contributed by atoms with Gasteiger partial charge < -0.3 is 9.73 Å². The lowest BCUT2D eigenvalue weighted by molar-refractivity contribution is 0.474. The molecular weight excluding hydrogens is 240 g/mol. The topological polar surface area (TPSA) is 62.6 Å². The molecule has 0 aliphatic carbocycles. The summed E-state index contributed by atoms with van der Waals surface area (Å²) in [7, 11) is -0.103. The third kappa shape index (κ3) is 2.53. The second kappa shape index (κ2) is 5.20. The molecule has 0 fully saturated rings. The van der Waals surface area contributed by atoms with E-state index in [4.69, 9.17) is 4.42 Å². The lowest BCUT2D eigenvalue weighted by atomic mass is 10.2. The van der Waals surface area contributed by atoms with Crippen LogP contribution in [0.1, 0.15) is 24.0 Å². The summed E-state index contributed by atoms with van der Waals surface area (Å²) in [6, 6.07) is 0. The predicted molar refractivity (Wildman–Crippen MR) is 66.4 cm³/mol. The fourth-order valence-corrected chi connectivity index (χ4v) is 3.34. The number of sulfonamides is 1. The summed E-state index contributed by atoms with van der Waals surface area (Å²) < 4.78 is 31.4. The average Bonchev–Trinajstić information content (AvgIpc) is 2.53. The average molecular weight is 260 g/mol. The van der Waals surface area contributed by atoms with E-state index in [1.54, 1.807) is 34.9 Å². The van der Waals surface area contributed by atoms with Crippen molar-refractivity contribution in [3.8, 4) is 0 Å². The number of rotatable bonds is 5. The van der Waals surface area contributed by atoms with Gasteiger partial charge in [-0.15, -0.1) is 0 Å². The van der Waals surface area contributed by atoms with Gasteiger partial charge in [0.05, 0.1) is 0 Å². The largest absolute Gasteiger partial charge is 0.465 e. The quantitative estimate of drug-likeness (QED) is 0.865. The van der Waals surface area contributed by atoms with E-state index >= 15 is 0 Å². The first-order valence-corrected chi connectivity index (χ1v) is 7.00. The molecule has 0 aromatic carbocycles. The molecule has 6 heteroatoms. The molecular formula is C11H20N2O3S. The van der Waals surface area contributed by atoms with Crippen molar-refractivity contribution in [1.29, 1.82) is 0 Å². The minimum atomic E-state index is -3.45. The van der Waals surface area contributed by atoms with Gasteiger partial charge in [-0.05, 0) is 20.9 Å². The molecule has 0 aliphatic heterocycles. The van der Waals surface area contributed by atoms with Crippen LogP contribution >= 0.6 is 0 Å². The van der Waals surface area contributed by atoms with E-state index in [0.29, 0.717) is 35.1 Å². The first kappa shape index (κ1) is 14.2. The highest BCUT2D eigenvalue weighted by molar-refractivity contribution is 7.89. The molecule has 0 bridgehead atoms. The number of aryl methyl sites for hydroxylation is 2. The number of nitrogens with zero attached hydrogens (tertiary/aromatic N) is 1. The molecule has 17 heavy (non-hydrogen) atoms. The minimum Gasteiger partial charge on any atom is -0.465 e. The van der Waals surface area contributed by atoms with Crippen molar-refractivity contribution in [3.63, 3.8) is 0 Å². The third-order valence-corrected chi connectivity index (χ3v) is 4.92. The fraction of sp³-hybridized carbons (Fsp3) is 0.636. The molecule has 98 valence electrons. The van der Waals surface area contributed by atoms with Gasteiger partial charge in [-0.2, -0.15) is 0 Å². The van der Waals surface area contributed by atoms with Crippen LogP contribution < -0.4 is 5.32 Å². The lowest BCUT2D eigenvalue weighted by Crippen LogP contribution is -2.28. The molecule has 0 spiro atoms. The monoisotopic (exact) mass is 260 g/mol. The van der Waals surface area contributed by atoms with Crippen LogP contribution in [0.4, 0.5) is 0 Å². The molecule has 0 saturated carbocycles. The van der Waals surface area contributed by atoms with Crippen molar-refractivity contribution in [3.05, 3.63) is 17.1 Å². The summed E-state index contributed by atoms with van der Waals surface area (Å²) in [6.45, 7) is 6.19. The Morgan fingerprint density at radius 1 is 1.29 bits per heavy atom. The molecule has 1 rings (SSSR count). The maximum atomic E-state index is 12.3. The van der Waals surface area contributed by atoms with Crippen molar-refractivity contribution in [2.24, 2.45) is 0 Å². The maximum absolute atomic E-state index is 12.3. The second-order valence-corrected chi connectivity index (χ2v) is 5.95. The predicted octanol–water partition coefficient (Wildman–Crippen LogP) is 1.26. The summed E-state index contributed by atoms with van der Waals surface area (Å²) in [5.41, 5.74) is 0.713. The normalized spacial score (nSPS) is 12.4. The first-order chi connectivity index (χ1) is 7.86. The molecule has 1 N–H and O–H groups in total. The molecule has 0 radical (unpaired) electrons. The molecule has 1 aromatic rings. The van der Waals surface area contributed by atoms with Gasteiger partial charge in [0.25, 0.3) is 0 Å². The Morgan fingerprint density at radius 3 is 2.35 bits per heavy atom. The molecule has 1 aromatic heterocycles. The van der Waals surface area contributed by atoms with Gasteiger partial charge in [0, 0.05) is 25.7 Å². The Labute approximate surface area is 103 Å². The Bertz CT molecular complexity index is 491. The van der Waals surface area contributed by atoms with Gasteiger partial charge >= 0.3 is 0 Å². The molecule has 0 aliphatic rings. The number of furan rings is 1. The SMILES string of the molecule is CCN(C)S(=O)(=O)c1c(C)oc(C)c1CNC. The lowest BCUT2D eigenvalue weighted by Gasteiger charge is -2.15. The summed E-state index contributed by atoms with van der Waals surface area (Å²) in [4.78, 5) is 0.300.